The molecule has 1 aromatic heterocycles. The van der Waals surface area contributed by atoms with Gasteiger partial charge in [0.2, 0.25) is 5.91 Å². The van der Waals surface area contributed by atoms with E-state index < -0.39 is 10.1 Å². The Morgan fingerprint density at radius 1 is 1.16 bits per heavy atom. The highest BCUT2D eigenvalue weighted by atomic mass is 32.2. The largest absolute Gasteiger partial charge is 0.497 e. The van der Waals surface area contributed by atoms with Crippen LogP contribution < -0.4 is 14.3 Å². The second kappa shape index (κ2) is 9.86. The fourth-order valence-corrected chi connectivity index (χ4v) is 3.56. The molecule has 0 aliphatic carbocycles. The highest BCUT2D eigenvalue weighted by Gasteiger charge is 2.18. The number of hydrogen-bond acceptors (Lipinski definition) is 7. The van der Waals surface area contributed by atoms with Crippen molar-refractivity contribution < 1.29 is 22.1 Å². The zero-order valence-corrected chi connectivity index (χ0v) is 17.8. The maximum Gasteiger partial charge on any atom is 0.339 e. The summed E-state index contributed by atoms with van der Waals surface area (Å²) in [5.41, 5.74) is 4.45. The van der Waals surface area contributed by atoms with Crippen molar-refractivity contribution in [1.82, 2.24) is 10.4 Å². The van der Waals surface area contributed by atoms with Crippen LogP contribution in [-0.4, -0.2) is 32.6 Å². The summed E-state index contributed by atoms with van der Waals surface area (Å²) in [5, 5.41) is 3.90. The van der Waals surface area contributed by atoms with E-state index in [1.54, 1.807) is 43.5 Å². The van der Waals surface area contributed by atoms with E-state index in [9.17, 15) is 13.2 Å². The maximum absolute atomic E-state index is 12.5. The molecule has 3 aromatic rings. The Kier molecular flexibility index (Phi) is 6.99. The normalized spacial score (nSPS) is 11.3. The predicted molar refractivity (Wildman–Crippen MR) is 116 cm³/mol. The van der Waals surface area contributed by atoms with Crippen molar-refractivity contribution in [2.45, 2.75) is 18.2 Å². The van der Waals surface area contributed by atoms with Crippen LogP contribution in [0.15, 0.2) is 77.0 Å². The highest BCUT2D eigenvalue weighted by molar-refractivity contribution is 7.87. The minimum Gasteiger partial charge on any atom is -0.497 e. The third-order valence-corrected chi connectivity index (χ3v) is 5.47. The minimum atomic E-state index is -4.04. The Balaban J connectivity index is 1.68. The summed E-state index contributed by atoms with van der Waals surface area (Å²) in [5.74, 6) is 0.310. The number of aryl methyl sites for hydroxylation is 1. The summed E-state index contributed by atoms with van der Waals surface area (Å²) >= 11 is 0. The molecule has 2 aromatic carbocycles. The molecular formula is C22H21N3O5S. The van der Waals surface area contributed by atoms with Gasteiger partial charge in [0.1, 0.15) is 10.6 Å². The Hall–Kier alpha value is -3.72. The molecule has 0 unspecified atom stereocenters. The van der Waals surface area contributed by atoms with Crippen LogP contribution in [0.25, 0.3) is 0 Å². The molecule has 8 nitrogen and oxygen atoms in total. The van der Waals surface area contributed by atoms with Crippen LogP contribution >= 0.6 is 0 Å². The second-order valence-electron chi connectivity index (χ2n) is 6.59. The van der Waals surface area contributed by atoms with Gasteiger partial charge in [-0.25, -0.2) is 5.43 Å². The summed E-state index contributed by atoms with van der Waals surface area (Å²) < 4.78 is 35.4. The molecule has 0 bridgehead atoms. The summed E-state index contributed by atoms with van der Waals surface area (Å²) in [6.07, 6.45) is 4.14. The summed E-state index contributed by atoms with van der Waals surface area (Å²) in [4.78, 5) is 16.1. The van der Waals surface area contributed by atoms with Gasteiger partial charge in [-0.15, -0.1) is 0 Å². The zero-order chi connectivity index (χ0) is 22.3. The van der Waals surface area contributed by atoms with E-state index in [4.69, 9.17) is 8.92 Å². The average Bonchev–Trinajstić information content (AvgIpc) is 2.75. The summed E-state index contributed by atoms with van der Waals surface area (Å²) in [6.45, 7) is 1.86. The number of hydrazone groups is 1. The summed E-state index contributed by atoms with van der Waals surface area (Å²) in [6, 6.07) is 15.0. The smallest absolute Gasteiger partial charge is 0.339 e. The van der Waals surface area contributed by atoms with E-state index in [1.165, 1.54) is 36.8 Å². The molecular weight excluding hydrogens is 418 g/mol. The average molecular weight is 439 g/mol. The number of hydrogen-bond donors (Lipinski definition) is 1. The van der Waals surface area contributed by atoms with Gasteiger partial charge in [0.05, 0.1) is 25.9 Å². The number of carbonyl (C=O) groups excluding carboxylic acids is 1. The molecule has 0 atom stereocenters. The Labute approximate surface area is 180 Å². The molecule has 0 aliphatic rings. The van der Waals surface area contributed by atoms with E-state index in [0.717, 1.165) is 11.1 Å². The molecule has 0 saturated heterocycles. The van der Waals surface area contributed by atoms with E-state index in [-0.39, 0.29) is 23.0 Å². The van der Waals surface area contributed by atoms with E-state index in [2.05, 4.69) is 15.5 Å². The van der Waals surface area contributed by atoms with Crippen molar-refractivity contribution in [2.24, 2.45) is 5.10 Å². The number of benzene rings is 2. The number of ether oxygens (including phenoxy) is 1. The molecule has 1 N–H and O–H groups in total. The van der Waals surface area contributed by atoms with Gasteiger partial charge in [0, 0.05) is 11.8 Å². The third kappa shape index (κ3) is 6.13. The SMILES string of the molecule is COc1cccc(CC(=O)N/N=C/c2ccncc2OS(=O)(=O)c2ccc(C)cc2)c1. The van der Waals surface area contributed by atoms with Gasteiger partial charge < -0.3 is 8.92 Å². The minimum absolute atomic E-state index is 0.00568. The highest BCUT2D eigenvalue weighted by Crippen LogP contribution is 2.21. The van der Waals surface area contributed by atoms with E-state index in [0.29, 0.717) is 11.3 Å². The van der Waals surface area contributed by atoms with Gasteiger partial charge >= 0.3 is 10.1 Å². The van der Waals surface area contributed by atoms with Crippen molar-refractivity contribution >= 4 is 22.2 Å². The molecule has 0 saturated carbocycles. The van der Waals surface area contributed by atoms with E-state index in [1.807, 2.05) is 6.92 Å². The molecule has 3 rings (SSSR count). The number of pyridine rings is 1. The lowest BCUT2D eigenvalue weighted by molar-refractivity contribution is -0.120. The van der Waals surface area contributed by atoms with E-state index >= 15 is 0 Å². The van der Waals surface area contributed by atoms with Gasteiger partial charge in [0.25, 0.3) is 0 Å². The molecule has 160 valence electrons. The lowest BCUT2D eigenvalue weighted by Gasteiger charge is -2.09. The van der Waals surface area contributed by atoms with Gasteiger partial charge in [-0.1, -0.05) is 29.8 Å². The van der Waals surface area contributed by atoms with Gasteiger partial charge in [-0.05, 0) is 42.8 Å². The number of nitrogens with zero attached hydrogens (tertiary/aromatic N) is 2. The number of rotatable bonds is 8. The third-order valence-electron chi connectivity index (χ3n) is 4.22. The van der Waals surface area contributed by atoms with Crippen LogP contribution in [0.3, 0.4) is 0 Å². The first-order valence-electron chi connectivity index (χ1n) is 9.27. The Morgan fingerprint density at radius 2 is 1.94 bits per heavy atom. The first-order chi connectivity index (χ1) is 14.9. The van der Waals surface area contributed by atoms with Gasteiger partial charge in [-0.2, -0.15) is 13.5 Å². The van der Waals surface area contributed by atoms with Crippen molar-refractivity contribution in [3.8, 4) is 11.5 Å². The Morgan fingerprint density at radius 3 is 2.68 bits per heavy atom. The standard InChI is InChI=1S/C22H21N3O5S/c1-16-6-8-20(9-7-16)31(27,28)30-21-15-23-11-10-18(21)14-24-25-22(26)13-17-4-3-5-19(12-17)29-2/h3-12,14-15H,13H2,1-2H3,(H,25,26)/b24-14+. The lowest BCUT2D eigenvalue weighted by Crippen LogP contribution is -2.20. The fourth-order valence-electron chi connectivity index (χ4n) is 2.62. The van der Waals surface area contributed by atoms with Gasteiger partial charge in [0.15, 0.2) is 5.75 Å². The first-order valence-corrected chi connectivity index (χ1v) is 10.7. The number of aromatic nitrogens is 1. The van der Waals surface area contributed by atoms with Crippen LogP contribution in [0.4, 0.5) is 0 Å². The quantitative estimate of drug-likeness (QED) is 0.329. The lowest BCUT2D eigenvalue weighted by atomic mass is 10.1. The topological polar surface area (TPSA) is 107 Å². The molecule has 31 heavy (non-hydrogen) atoms. The Bertz CT molecular complexity index is 1190. The molecule has 9 heteroatoms. The number of amides is 1. The van der Waals surface area contributed by atoms with Crippen molar-refractivity contribution in [3.05, 3.63) is 83.7 Å². The zero-order valence-electron chi connectivity index (χ0n) is 17.0. The monoisotopic (exact) mass is 439 g/mol. The van der Waals surface area contributed by atoms with Gasteiger partial charge in [-0.3, -0.25) is 9.78 Å². The second-order valence-corrected chi connectivity index (χ2v) is 8.13. The van der Waals surface area contributed by atoms with Crippen LogP contribution in [0.2, 0.25) is 0 Å². The molecule has 0 radical (unpaired) electrons. The molecule has 0 aliphatic heterocycles. The fraction of sp³-hybridized carbons (Fsp3) is 0.136. The molecule has 0 spiro atoms. The van der Waals surface area contributed by atoms with Crippen LogP contribution in [0.1, 0.15) is 16.7 Å². The van der Waals surface area contributed by atoms with Crippen molar-refractivity contribution in [3.63, 3.8) is 0 Å². The molecule has 1 amide bonds. The molecule has 1 heterocycles. The van der Waals surface area contributed by atoms with Crippen molar-refractivity contribution in [2.75, 3.05) is 7.11 Å². The van der Waals surface area contributed by atoms with Crippen LogP contribution in [-0.2, 0) is 21.3 Å². The maximum atomic E-state index is 12.5. The predicted octanol–water partition coefficient (Wildman–Crippen LogP) is 2.86. The van der Waals surface area contributed by atoms with Crippen LogP contribution in [0, 0.1) is 6.92 Å². The first kappa shape index (κ1) is 22.0. The number of carbonyl (C=O) groups is 1. The molecule has 0 fully saturated rings. The van der Waals surface area contributed by atoms with Crippen molar-refractivity contribution in [1.29, 1.82) is 0 Å². The number of nitrogens with one attached hydrogen (secondary N) is 1. The number of methoxy groups -OCH3 is 1. The summed E-state index contributed by atoms with van der Waals surface area (Å²) in [7, 11) is -2.49. The van der Waals surface area contributed by atoms with Crippen LogP contribution in [0.5, 0.6) is 11.5 Å².